The first-order valence-electron chi connectivity index (χ1n) is 10.2. The van der Waals surface area contributed by atoms with Crippen molar-refractivity contribution in [1.29, 1.82) is 0 Å². The van der Waals surface area contributed by atoms with Crippen molar-refractivity contribution < 1.29 is 14.6 Å². The maximum Gasteiger partial charge on any atom is 0.256 e. The number of nitrogens with zero attached hydrogens (tertiary/aromatic N) is 4. The summed E-state index contributed by atoms with van der Waals surface area (Å²) < 4.78 is 5.98. The number of benzene rings is 1. The van der Waals surface area contributed by atoms with E-state index in [1.165, 1.54) is 6.20 Å². The molecule has 11 heteroatoms. The number of aliphatic hydroxyl groups is 1. The lowest BCUT2D eigenvalue weighted by Crippen LogP contribution is -2.34. The van der Waals surface area contributed by atoms with Crippen LogP contribution in [0.2, 0.25) is 5.02 Å². The molecule has 3 N–H and O–H groups in total. The van der Waals surface area contributed by atoms with E-state index in [0.29, 0.717) is 41.2 Å². The number of carbonyl (C=O) groups excluding carboxylic acids is 1. The van der Waals surface area contributed by atoms with Crippen LogP contribution < -0.4 is 20.3 Å². The molecule has 2 aromatic rings. The van der Waals surface area contributed by atoms with Crippen LogP contribution in [0.25, 0.3) is 0 Å². The van der Waals surface area contributed by atoms with E-state index in [9.17, 15) is 9.90 Å². The van der Waals surface area contributed by atoms with E-state index in [4.69, 9.17) is 16.3 Å². The molecule has 0 bridgehead atoms. The van der Waals surface area contributed by atoms with E-state index >= 15 is 0 Å². The minimum Gasteiger partial charge on any atom is -0.495 e. The Kier molecular flexibility index (Phi) is 8.88. The first-order chi connectivity index (χ1) is 15.5. The highest BCUT2D eigenvalue weighted by Crippen LogP contribution is 2.27. The summed E-state index contributed by atoms with van der Waals surface area (Å²) in [5, 5.41) is 16.2. The Morgan fingerprint density at radius 2 is 2.28 bits per heavy atom. The number of methoxy groups -OCH3 is 1. The van der Waals surface area contributed by atoms with E-state index < -0.39 is 0 Å². The Morgan fingerprint density at radius 3 is 2.97 bits per heavy atom. The van der Waals surface area contributed by atoms with Crippen molar-refractivity contribution in [1.82, 2.24) is 15.3 Å². The van der Waals surface area contributed by atoms with Gasteiger partial charge in [-0.3, -0.25) is 9.79 Å². The smallest absolute Gasteiger partial charge is 0.256 e. The second kappa shape index (κ2) is 11.6. The van der Waals surface area contributed by atoms with Gasteiger partial charge in [0.2, 0.25) is 5.95 Å². The van der Waals surface area contributed by atoms with Crippen molar-refractivity contribution in [2.24, 2.45) is 4.99 Å². The summed E-state index contributed by atoms with van der Waals surface area (Å²) >= 11 is 8.31. The van der Waals surface area contributed by atoms with Gasteiger partial charge in [-0.25, -0.2) is 4.98 Å². The number of hydrogen-bond donors (Lipinski definition) is 3. The number of rotatable bonds is 9. The Labute approximate surface area is 205 Å². The molecule has 1 aromatic heterocycles. The summed E-state index contributed by atoms with van der Waals surface area (Å²) in [6, 6.07) is 5.46. The lowest BCUT2D eigenvalue weighted by atomic mass is 10.2. The fourth-order valence-corrected chi connectivity index (χ4v) is 3.90. The Hall–Kier alpha value is -2.18. The third kappa shape index (κ3) is 5.99. The van der Waals surface area contributed by atoms with Crippen LogP contribution in [0.5, 0.6) is 5.75 Å². The van der Waals surface area contributed by atoms with Crippen LogP contribution in [-0.2, 0) is 6.54 Å². The van der Waals surface area contributed by atoms with Gasteiger partial charge < -0.3 is 25.4 Å². The second-order valence-corrected chi connectivity index (χ2v) is 8.86. The molecule has 0 radical (unpaired) electrons. The van der Waals surface area contributed by atoms with Crippen molar-refractivity contribution in [2.45, 2.75) is 25.4 Å². The highest BCUT2D eigenvalue weighted by molar-refractivity contribution is 14.1. The normalized spacial score (nSPS) is 16.2. The third-order valence-electron chi connectivity index (χ3n) is 5.18. The van der Waals surface area contributed by atoms with Crippen LogP contribution in [0.3, 0.4) is 0 Å². The standard InChI is InChI=1S/C21H26ClIN6O3/c1-24-18(23)11-26-20(31)15-10-27-21(29-7-3-4-14(29)12-30)28-19(15)25-9-13-5-6-17(32-2)16(22)8-13/h5-6,8,10,14,30H,3-4,7,9,11-12H2,1-2H3,(H,26,31)(H,25,27,28)/t14-/m0/s1. The van der Waals surface area contributed by atoms with Gasteiger partial charge in [-0.1, -0.05) is 17.7 Å². The lowest BCUT2D eigenvalue weighted by molar-refractivity contribution is 0.0959. The van der Waals surface area contributed by atoms with Gasteiger partial charge in [-0.05, 0) is 53.1 Å². The number of aliphatic imine (C=N–C) groups is 1. The molecule has 0 saturated carbocycles. The van der Waals surface area contributed by atoms with Crippen molar-refractivity contribution in [3.8, 4) is 5.75 Å². The zero-order chi connectivity index (χ0) is 23.1. The first kappa shape index (κ1) is 24.5. The summed E-state index contributed by atoms with van der Waals surface area (Å²) in [7, 11) is 3.24. The number of aromatic nitrogens is 2. The average molecular weight is 573 g/mol. The highest BCUT2D eigenvalue weighted by atomic mass is 127. The van der Waals surface area contributed by atoms with Gasteiger partial charge in [-0.2, -0.15) is 4.98 Å². The summed E-state index contributed by atoms with van der Waals surface area (Å²) in [5.74, 6) is 1.19. The quantitative estimate of drug-likeness (QED) is 0.313. The molecular weight excluding hydrogens is 547 g/mol. The second-order valence-electron chi connectivity index (χ2n) is 7.21. The SMILES string of the molecule is CN=C(I)CNC(=O)c1cnc(N2CCC[C@H]2CO)nc1NCc1ccc(OC)c(Cl)c1. The highest BCUT2D eigenvalue weighted by Gasteiger charge is 2.27. The number of aliphatic hydroxyl groups excluding tert-OH is 1. The van der Waals surface area contributed by atoms with Crippen molar-refractivity contribution in [3.05, 3.63) is 40.5 Å². The summed E-state index contributed by atoms with van der Waals surface area (Å²) in [5.41, 5.74) is 1.23. The van der Waals surface area contributed by atoms with E-state index in [1.54, 1.807) is 26.3 Å². The van der Waals surface area contributed by atoms with Crippen LogP contribution in [-0.4, -0.2) is 64.6 Å². The maximum absolute atomic E-state index is 12.8. The summed E-state index contributed by atoms with van der Waals surface area (Å²) in [6.45, 7) is 1.52. The van der Waals surface area contributed by atoms with Gasteiger partial charge in [0.25, 0.3) is 5.91 Å². The van der Waals surface area contributed by atoms with E-state index in [2.05, 4.69) is 48.2 Å². The van der Waals surface area contributed by atoms with Gasteiger partial charge in [0.1, 0.15) is 17.1 Å². The molecule has 32 heavy (non-hydrogen) atoms. The maximum atomic E-state index is 12.8. The minimum atomic E-state index is -0.301. The topological polar surface area (TPSA) is 112 Å². The number of halogens is 2. The predicted molar refractivity (Wildman–Crippen MR) is 135 cm³/mol. The lowest BCUT2D eigenvalue weighted by Gasteiger charge is -2.24. The van der Waals surface area contributed by atoms with Gasteiger partial charge in [0.15, 0.2) is 0 Å². The number of amides is 1. The average Bonchev–Trinajstić information content (AvgIpc) is 3.29. The number of hydrogen-bond acceptors (Lipinski definition) is 8. The minimum absolute atomic E-state index is 0.0229. The summed E-state index contributed by atoms with van der Waals surface area (Å²) in [6.07, 6.45) is 3.35. The van der Waals surface area contributed by atoms with E-state index in [1.807, 2.05) is 11.0 Å². The molecule has 3 rings (SSSR count). The molecule has 1 aliphatic heterocycles. The molecule has 0 aliphatic carbocycles. The molecule has 9 nitrogen and oxygen atoms in total. The van der Waals surface area contributed by atoms with Crippen LogP contribution in [0.1, 0.15) is 28.8 Å². The van der Waals surface area contributed by atoms with Crippen molar-refractivity contribution in [3.63, 3.8) is 0 Å². The number of anilines is 2. The monoisotopic (exact) mass is 572 g/mol. The first-order valence-corrected chi connectivity index (χ1v) is 11.6. The number of ether oxygens (including phenoxy) is 1. The molecule has 1 aromatic carbocycles. The van der Waals surface area contributed by atoms with E-state index in [-0.39, 0.29) is 18.6 Å². The molecule has 1 amide bonds. The summed E-state index contributed by atoms with van der Waals surface area (Å²) in [4.78, 5) is 27.9. The van der Waals surface area contributed by atoms with Crippen molar-refractivity contribution >= 4 is 55.6 Å². The van der Waals surface area contributed by atoms with Gasteiger partial charge >= 0.3 is 0 Å². The molecule has 0 unspecified atom stereocenters. The molecule has 1 aliphatic rings. The predicted octanol–water partition coefficient (Wildman–Crippen LogP) is 2.90. The number of nitrogens with one attached hydrogen (secondary N) is 2. The molecule has 1 saturated heterocycles. The zero-order valence-corrected chi connectivity index (χ0v) is 20.9. The molecule has 0 spiro atoms. The molecule has 1 fully saturated rings. The van der Waals surface area contributed by atoms with Gasteiger partial charge in [0.05, 0.1) is 35.0 Å². The Balaban J connectivity index is 1.85. The van der Waals surface area contributed by atoms with Crippen LogP contribution in [0.15, 0.2) is 29.4 Å². The third-order valence-corrected chi connectivity index (χ3v) is 6.34. The van der Waals surface area contributed by atoms with Crippen LogP contribution >= 0.6 is 34.2 Å². The van der Waals surface area contributed by atoms with E-state index in [0.717, 1.165) is 28.7 Å². The molecular formula is C21H26ClIN6O3. The zero-order valence-electron chi connectivity index (χ0n) is 17.9. The largest absolute Gasteiger partial charge is 0.495 e. The Morgan fingerprint density at radius 1 is 1.47 bits per heavy atom. The Bertz CT molecular complexity index is 990. The number of carbonyl (C=O) groups is 1. The van der Waals surface area contributed by atoms with Crippen LogP contribution in [0.4, 0.5) is 11.8 Å². The fraction of sp³-hybridized carbons (Fsp3) is 0.429. The van der Waals surface area contributed by atoms with Gasteiger partial charge in [0, 0.05) is 26.3 Å². The van der Waals surface area contributed by atoms with Crippen molar-refractivity contribution in [2.75, 3.05) is 44.1 Å². The van der Waals surface area contributed by atoms with Crippen LogP contribution in [0, 0.1) is 0 Å². The van der Waals surface area contributed by atoms with Gasteiger partial charge in [-0.15, -0.1) is 0 Å². The molecule has 2 heterocycles. The molecule has 172 valence electrons. The molecule has 1 atom stereocenters. The fourth-order valence-electron chi connectivity index (χ4n) is 3.43.